The van der Waals surface area contributed by atoms with Gasteiger partial charge < -0.3 is 9.84 Å². The standard InChI is InChI=1S/C17H10I2N2O5/c18-14-5-10(6-15(19)17(14)26-9-16(22)23)4-12(8-20)11-2-1-3-13(7-11)21(24)25/h1-7H,9H2,(H,22,23)/b12-4-. The molecule has 2 aromatic rings. The number of benzene rings is 2. The normalized spacial score (nSPS) is 10.9. The van der Waals surface area contributed by atoms with Crippen molar-refractivity contribution in [3.8, 4) is 11.8 Å². The molecule has 2 rings (SSSR count). The summed E-state index contributed by atoms with van der Waals surface area (Å²) in [6, 6.07) is 11.4. The monoisotopic (exact) mass is 576 g/mol. The molecule has 0 fully saturated rings. The third-order valence-corrected chi connectivity index (χ3v) is 4.76. The Hall–Kier alpha value is -2.20. The lowest BCUT2D eigenvalue weighted by Gasteiger charge is -2.10. The molecule has 2 aromatic carbocycles. The van der Waals surface area contributed by atoms with E-state index in [1.54, 1.807) is 24.3 Å². The minimum Gasteiger partial charge on any atom is -0.480 e. The molecule has 0 saturated heterocycles. The number of nitrogens with zero attached hydrogens (tertiary/aromatic N) is 2. The molecule has 0 aliphatic heterocycles. The van der Waals surface area contributed by atoms with Gasteiger partial charge in [0.1, 0.15) is 5.75 Å². The molecule has 9 heteroatoms. The highest BCUT2D eigenvalue weighted by Gasteiger charge is 2.12. The number of carboxylic acids is 1. The third kappa shape index (κ3) is 5.15. The molecule has 0 radical (unpaired) electrons. The van der Waals surface area contributed by atoms with E-state index in [0.29, 0.717) is 24.0 Å². The summed E-state index contributed by atoms with van der Waals surface area (Å²) >= 11 is 4.04. The first-order valence-electron chi connectivity index (χ1n) is 7.02. The van der Waals surface area contributed by atoms with E-state index in [1.807, 2.05) is 45.2 Å². The lowest BCUT2D eigenvalue weighted by Crippen LogP contribution is -2.11. The van der Waals surface area contributed by atoms with Gasteiger partial charge in [0.05, 0.1) is 23.7 Å². The Bertz CT molecular complexity index is 927. The molecule has 0 unspecified atom stereocenters. The molecule has 7 nitrogen and oxygen atoms in total. The van der Waals surface area contributed by atoms with Gasteiger partial charge in [-0.15, -0.1) is 0 Å². The van der Waals surface area contributed by atoms with Gasteiger partial charge in [-0.3, -0.25) is 10.1 Å². The van der Waals surface area contributed by atoms with Crippen LogP contribution in [0.2, 0.25) is 0 Å². The van der Waals surface area contributed by atoms with Crippen LogP contribution in [0.25, 0.3) is 11.6 Å². The van der Waals surface area contributed by atoms with Crippen molar-refractivity contribution in [1.82, 2.24) is 0 Å². The molecular formula is C17H10I2N2O5. The number of nitro benzene ring substituents is 1. The van der Waals surface area contributed by atoms with Crippen LogP contribution in [-0.2, 0) is 4.79 Å². The third-order valence-electron chi connectivity index (χ3n) is 3.16. The average Bonchev–Trinajstić information content (AvgIpc) is 2.58. The quantitative estimate of drug-likeness (QED) is 0.180. The molecule has 0 aliphatic carbocycles. The Kier molecular flexibility index (Phi) is 6.92. The van der Waals surface area contributed by atoms with Crippen LogP contribution in [-0.4, -0.2) is 22.6 Å². The second kappa shape index (κ2) is 8.95. The van der Waals surface area contributed by atoms with Gasteiger partial charge in [-0.05, 0) is 74.5 Å². The molecule has 0 aliphatic rings. The average molecular weight is 576 g/mol. The maximum Gasteiger partial charge on any atom is 0.341 e. The van der Waals surface area contributed by atoms with E-state index in [0.717, 1.165) is 0 Å². The first-order valence-corrected chi connectivity index (χ1v) is 9.18. The van der Waals surface area contributed by atoms with Gasteiger partial charge in [0.15, 0.2) is 6.61 Å². The summed E-state index contributed by atoms with van der Waals surface area (Å²) in [5.74, 6) is -0.613. The van der Waals surface area contributed by atoms with Crippen LogP contribution < -0.4 is 4.74 Å². The number of non-ortho nitro benzene ring substituents is 1. The van der Waals surface area contributed by atoms with Crippen molar-refractivity contribution >= 4 is 68.5 Å². The second-order valence-corrected chi connectivity index (χ2v) is 7.30. The number of carbonyl (C=O) groups is 1. The lowest BCUT2D eigenvalue weighted by molar-refractivity contribution is -0.384. The number of carboxylic acid groups (broad SMARTS) is 1. The first-order chi connectivity index (χ1) is 12.3. The highest BCUT2D eigenvalue weighted by molar-refractivity contribution is 14.1. The molecule has 0 bridgehead atoms. The van der Waals surface area contributed by atoms with Gasteiger partial charge >= 0.3 is 5.97 Å². The number of allylic oxidation sites excluding steroid dienone is 1. The SMILES string of the molecule is N#C/C(=C/c1cc(I)c(OCC(=O)O)c(I)c1)c1cccc([N+](=O)[O-])c1. The maximum atomic E-state index is 10.9. The second-order valence-electron chi connectivity index (χ2n) is 4.97. The Labute approximate surface area is 175 Å². The number of hydrogen-bond acceptors (Lipinski definition) is 5. The van der Waals surface area contributed by atoms with Crippen LogP contribution in [0.1, 0.15) is 11.1 Å². The molecule has 132 valence electrons. The van der Waals surface area contributed by atoms with Crippen molar-refractivity contribution < 1.29 is 19.6 Å². The lowest BCUT2D eigenvalue weighted by atomic mass is 10.0. The molecule has 0 spiro atoms. The summed E-state index contributed by atoms with van der Waals surface area (Å²) in [4.78, 5) is 21.0. The molecular weight excluding hydrogens is 566 g/mol. The number of nitro groups is 1. The summed E-state index contributed by atoms with van der Waals surface area (Å²) < 4.78 is 6.65. The zero-order chi connectivity index (χ0) is 19.3. The Morgan fingerprint density at radius 1 is 1.31 bits per heavy atom. The number of halogens is 2. The van der Waals surface area contributed by atoms with E-state index in [4.69, 9.17) is 9.84 Å². The topological polar surface area (TPSA) is 113 Å². The van der Waals surface area contributed by atoms with Crippen LogP contribution in [0.5, 0.6) is 5.75 Å². The van der Waals surface area contributed by atoms with Crippen molar-refractivity contribution in [1.29, 1.82) is 5.26 Å². The molecule has 0 heterocycles. The Balaban J connectivity index is 2.41. The van der Waals surface area contributed by atoms with Crippen molar-refractivity contribution in [3.63, 3.8) is 0 Å². The van der Waals surface area contributed by atoms with E-state index in [-0.39, 0.29) is 11.3 Å². The summed E-state index contributed by atoms with van der Waals surface area (Å²) in [6.07, 6.45) is 1.62. The van der Waals surface area contributed by atoms with Crippen LogP contribution >= 0.6 is 45.2 Å². The van der Waals surface area contributed by atoms with Crippen LogP contribution in [0.3, 0.4) is 0 Å². The van der Waals surface area contributed by atoms with E-state index in [9.17, 15) is 20.2 Å². The number of hydrogen-bond donors (Lipinski definition) is 1. The van der Waals surface area contributed by atoms with Crippen molar-refractivity contribution in [2.45, 2.75) is 0 Å². The molecule has 0 aromatic heterocycles. The van der Waals surface area contributed by atoms with E-state index in [2.05, 4.69) is 6.07 Å². The summed E-state index contributed by atoms with van der Waals surface area (Å²) in [5.41, 5.74) is 1.33. The maximum absolute atomic E-state index is 10.9. The molecule has 26 heavy (non-hydrogen) atoms. The van der Waals surface area contributed by atoms with Gasteiger partial charge in [-0.2, -0.15) is 5.26 Å². The van der Waals surface area contributed by atoms with Gasteiger partial charge in [-0.25, -0.2) is 4.79 Å². The molecule has 0 amide bonds. The molecule has 1 N–H and O–H groups in total. The molecule has 0 saturated carbocycles. The highest BCUT2D eigenvalue weighted by Crippen LogP contribution is 2.31. The van der Waals surface area contributed by atoms with Crippen molar-refractivity contribution in [2.75, 3.05) is 6.61 Å². The predicted molar refractivity (Wildman–Crippen MR) is 112 cm³/mol. The number of rotatable bonds is 6. The summed E-state index contributed by atoms with van der Waals surface area (Å²) in [7, 11) is 0. The zero-order valence-corrected chi connectivity index (χ0v) is 17.3. The number of aliphatic carboxylic acids is 1. The number of ether oxygens (including phenoxy) is 1. The smallest absolute Gasteiger partial charge is 0.341 e. The summed E-state index contributed by atoms with van der Waals surface area (Å²) in [6.45, 7) is -0.446. The summed E-state index contributed by atoms with van der Waals surface area (Å²) in [5, 5.41) is 29.1. The zero-order valence-electron chi connectivity index (χ0n) is 13.0. The Morgan fingerprint density at radius 2 is 1.96 bits per heavy atom. The fraction of sp³-hybridized carbons (Fsp3) is 0.0588. The van der Waals surface area contributed by atoms with Crippen LogP contribution in [0.15, 0.2) is 36.4 Å². The minimum atomic E-state index is -1.07. The fourth-order valence-corrected chi connectivity index (χ4v) is 4.20. The van der Waals surface area contributed by atoms with Gasteiger partial charge in [0.2, 0.25) is 0 Å². The Morgan fingerprint density at radius 3 is 2.50 bits per heavy atom. The largest absolute Gasteiger partial charge is 0.480 e. The fourth-order valence-electron chi connectivity index (χ4n) is 2.07. The minimum absolute atomic E-state index is 0.0924. The number of nitriles is 1. The van der Waals surface area contributed by atoms with E-state index >= 15 is 0 Å². The van der Waals surface area contributed by atoms with Gasteiger partial charge in [-0.1, -0.05) is 12.1 Å². The van der Waals surface area contributed by atoms with Crippen LogP contribution in [0.4, 0.5) is 5.69 Å². The van der Waals surface area contributed by atoms with Crippen molar-refractivity contribution in [3.05, 3.63) is 64.8 Å². The van der Waals surface area contributed by atoms with E-state index < -0.39 is 17.5 Å². The molecule has 0 atom stereocenters. The van der Waals surface area contributed by atoms with Crippen LogP contribution in [0, 0.1) is 28.6 Å². The highest BCUT2D eigenvalue weighted by atomic mass is 127. The van der Waals surface area contributed by atoms with E-state index in [1.165, 1.54) is 18.2 Å². The predicted octanol–water partition coefficient (Wildman–Crippen LogP) is 4.33. The van der Waals surface area contributed by atoms with Gasteiger partial charge in [0.25, 0.3) is 5.69 Å². The first kappa shape index (κ1) is 20.1. The van der Waals surface area contributed by atoms with Crippen molar-refractivity contribution in [2.24, 2.45) is 0 Å². The van der Waals surface area contributed by atoms with Gasteiger partial charge in [0, 0.05) is 12.1 Å².